The molecule has 0 radical (unpaired) electrons. The minimum atomic E-state index is -3.98. The molecule has 0 fully saturated rings. The molecule has 0 aliphatic carbocycles. The van der Waals surface area contributed by atoms with Gasteiger partial charge in [0.25, 0.3) is 0 Å². The normalized spacial score (nSPS) is 11.1. The van der Waals surface area contributed by atoms with Crippen LogP contribution in [0.3, 0.4) is 0 Å². The van der Waals surface area contributed by atoms with Crippen LogP contribution >= 0.6 is 0 Å². The second kappa shape index (κ2) is 5.43. The predicted molar refractivity (Wildman–Crippen MR) is 74.5 cm³/mol. The number of carboxylic acid groups (broad SMARTS) is 1. The Morgan fingerprint density at radius 3 is 2.24 bits per heavy atom. The molecule has 0 saturated heterocycles. The smallest absolute Gasteiger partial charge is 0.339 e. The van der Waals surface area contributed by atoms with Crippen molar-refractivity contribution in [1.29, 1.82) is 0 Å². The molecule has 0 aromatic heterocycles. The molecule has 0 bridgehead atoms. The van der Waals surface area contributed by atoms with Gasteiger partial charge in [0, 0.05) is 5.69 Å². The largest absolute Gasteiger partial charge is 0.478 e. The van der Waals surface area contributed by atoms with E-state index in [-0.39, 0.29) is 15.4 Å². The third kappa shape index (κ3) is 2.67. The molecule has 7 nitrogen and oxygen atoms in total. The van der Waals surface area contributed by atoms with Crippen LogP contribution in [0.4, 0.5) is 5.69 Å². The predicted octanol–water partition coefficient (Wildman–Crippen LogP) is 1.05. The third-order valence-corrected chi connectivity index (χ3v) is 4.60. The van der Waals surface area contributed by atoms with Crippen molar-refractivity contribution in [3.63, 3.8) is 0 Å². The molecule has 5 N–H and O–H groups in total. The molecule has 0 aliphatic heterocycles. The lowest BCUT2D eigenvalue weighted by molar-refractivity contribution is 0.0691. The number of anilines is 1. The highest BCUT2D eigenvalue weighted by molar-refractivity contribution is 7.91. The van der Waals surface area contributed by atoms with E-state index in [0.717, 1.165) is 0 Å². The van der Waals surface area contributed by atoms with Gasteiger partial charge in [-0.25, -0.2) is 13.2 Å². The first-order chi connectivity index (χ1) is 9.87. The molecule has 0 atom stereocenters. The summed E-state index contributed by atoms with van der Waals surface area (Å²) in [6.45, 7) is 0. The highest BCUT2D eigenvalue weighted by atomic mass is 32.2. The Bertz CT molecular complexity index is 785. The molecule has 21 heavy (non-hydrogen) atoms. The second-order valence-corrected chi connectivity index (χ2v) is 6.05. The van der Waals surface area contributed by atoms with Crippen LogP contribution in [0.25, 0.3) is 0 Å². The lowest BCUT2D eigenvalue weighted by atomic mass is 10.2. The van der Waals surface area contributed by atoms with Crippen molar-refractivity contribution in [2.45, 2.75) is 9.79 Å². The Morgan fingerprint density at radius 1 is 1.10 bits per heavy atom. The number of aromatic carboxylic acids is 1. The van der Waals surface area contributed by atoms with Gasteiger partial charge in [0.2, 0.25) is 9.84 Å². The first-order valence-electron chi connectivity index (χ1n) is 5.71. The van der Waals surface area contributed by atoms with Gasteiger partial charge < -0.3 is 15.7 Å². The lowest BCUT2D eigenvalue weighted by Crippen LogP contribution is -2.13. The van der Waals surface area contributed by atoms with E-state index in [1.165, 1.54) is 42.5 Å². The highest BCUT2D eigenvalue weighted by Gasteiger charge is 2.26. The zero-order valence-electron chi connectivity index (χ0n) is 10.7. The van der Waals surface area contributed by atoms with Crippen LogP contribution in [0.2, 0.25) is 0 Å². The standard InChI is InChI=1S/C13H12N2O5S/c14-8-4-6-9(7-5-8)21(18,19)11-3-1-2-10(13(16)17)12(11)20-15/h1-7H,14-15H2,(H,16,17). The van der Waals surface area contributed by atoms with Crippen LogP contribution < -0.4 is 16.5 Å². The van der Waals surface area contributed by atoms with Crippen molar-refractivity contribution in [2.24, 2.45) is 5.90 Å². The monoisotopic (exact) mass is 308 g/mol. The topological polar surface area (TPSA) is 133 Å². The molecular weight excluding hydrogens is 296 g/mol. The summed E-state index contributed by atoms with van der Waals surface area (Å²) in [5.41, 5.74) is 5.58. The minimum Gasteiger partial charge on any atom is -0.478 e. The summed E-state index contributed by atoms with van der Waals surface area (Å²) >= 11 is 0. The molecule has 0 spiro atoms. The Hall–Kier alpha value is -2.58. The van der Waals surface area contributed by atoms with Gasteiger partial charge in [-0.2, -0.15) is 5.90 Å². The fraction of sp³-hybridized carbons (Fsp3) is 0. The highest BCUT2D eigenvalue weighted by Crippen LogP contribution is 2.32. The van der Waals surface area contributed by atoms with Crippen LogP contribution in [0.5, 0.6) is 5.75 Å². The third-order valence-electron chi connectivity index (χ3n) is 2.81. The van der Waals surface area contributed by atoms with E-state index >= 15 is 0 Å². The van der Waals surface area contributed by atoms with Crippen LogP contribution in [0, 0.1) is 0 Å². The summed E-state index contributed by atoms with van der Waals surface area (Å²) < 4.78 is 25.1. The van der Waals surface area contributed by atoms with E-state index < -0.39 is 21.6 Å². The van der Waals surface area contributed by atoms with Crippen LogP contribution in [0.15, 0.2) is 52.3 Å². The van der Waals surface area contributed by atoms with Gasteiger partial charge in [-0.1, -0.05) is 6.07 Å². The van der Waals surface area contributed by atoms with Crippen LogP contribution in [-0.2, 0) is 9.84 Å². The Morgan fingerprint density at radius 2 is 1.71 bits per heavy atom. The lowest BCUT2D eigenvalue weighted by Gasteiger charge is -2.11. The number of nitrogens with two attached hydrogens (primary N) is 2. The average Bonchev–Trinajstić information content (AvgIpc) is 2.46. The molecule has 2 aromatic carbocycles. The molecule has 0 heterocycles. The van der Waals surface area contributed by atoms with Gasteiger partial charge >= 0.3 is 5.97 Å². The number of rotatable bonds is 4. The molecule has 0 amide bonds. The maximum Gasteiger partial charge on any atom is 0.339 e. The summed E-state index contributed by atoms with van der Waals surface area (Å²) in [6.07, 6.45) is 0. The van der Waals surface area contributed by atoms with Gasteiger partial charge in [-0.3, -0.25) is 0 Å². The number of hydrogen-bond acceptors (Lipinski definition) is 6. The minimum absolute atomic E-state index is 0.0439. The SMILES string of the molecule is NOc1c(C(=O)O)cccc1S(=O)(=O)c1ccc(N)cc1. The fourth-order valence-corrected chi connectivity index (χ4v) is 3.20. The van der Waals surface area contributed by atoms with Gasteiger partial charge in [-0.15, -0.1) is 0 Å². The molecule has 0 saturated carbocycles. The molecule has 0 unspecified atom stereocenters. The van der Waals surface area contributed by atoms with Gasteiger partial charge in [0.05, 0.1) is 4.90 Å². The number of sulfone groups is 1. The molecule has 8 heteroatoms. The average molecular weight is 308 g/mol. The summed E-state index contributed by atoms with van der Waals surface area (Å²) in [6, 6.07) is 9.22. The Labute approximate surface area is 120 Å². The zero-order valence-corrected chi connectivity index (χ0v) is 11.5. The summed E-state index contributed by atoms with van der Waals surface area (Å²) in [5.74, 6) is 3.28. The van der Waals surface area contributed by atoms with E-state index in [0.29, 0.717) is 5.69 Å². The fourth-order valence-electron chi connectivity index (χ4n) is 1.79. The molecule has 2 rings (SSSR count). The van der Waals surface area contributed by atoms with Crippen LogP contribution in [-0.4, -0.2) is 19.5 Å². The van der Waals surface area contributed by atoms with Crippen LogP contribution in [0.1, 0.15) is 10.4 Å². The number of benzene rings is 2. The van der Waals surface area contributed by atoms with Crippen molar-refractivity contribution < 1.29 is 23.2 Å². The number of carbonyl (C=O) groups is 1. The van der Waals surface area contributed by atoms with Gasteiger partial charge in [-0.05, 0) is 36.4 Å². The molecule has 110 valence electrons. The van der Waals surface area contributed by atoms with Gasteiger partial charge in [0.15, 0.2) is 5.75 Å². The van der Waals surface area contributed by atoms with E-state index in [4.69, 9.17) is 16.7 Å². The second-order valence-electron chi connectivity index (χ2n) is 4.13. The summed E-state index contributed by atoms with van der Waals surface area (Å²) in [4.78, 5) is 15.2. The maximum atomic E-state index is 12.5. The van der Waals surface area contributed by atoms with E-state index in [1.807, 2.05) is 0 Å². The molecule has 2 aromatic rings. The summed E-state index contributed by atoms with van der Waals surface area (Å²) in [5, 5.41) is 9.05. The number of hydrogen-bond donors (Lipinski definition) is 3. The quantitative estimate of drug-likeness (QED) is 0.568. The maximum absolute atomic E-state index is 12.5. The van der Waals surface area contributed by atoms with Crippen molar-refractivity contribution in [3.8, 4) is 5.75 Å². The van der Waals surface area contributed by atoms with E-state index in [9.17, 15) is 13.2 Å². The number of nitrogen functional groups attached to an aromatic ring is 1. The van der Waals surface area contributed by atoms with E-state index in [1.54, 1.807) is 0 Å². The van der Waals surface area contributed by atoms with Crippen molar-refractivity contribution >= 4 is 21.5 Å². The van der Waals surface area contributed by atoms with Crippen molar-refractivity contribution in [1.82, 2.24) is 0 Å². The van der Waals surface area contributed by atoms with Gasteiger partial charge in [0.1, 0.15) is 10.5 Å². The van der Waals surface area contributed by atoms with E-state index in [2.05, 4.69) is 4.84 Å². The number of carboxylic acids is 1. The summed E-state index contributed by atoms with van der Waals surface area (Å²) in [7, 11) is -3.98. The molecular formula is C13H12N2O5S. The Balaban J connectivity index is 2.68. The molecule has 0 aliphatic rings. The number of para-hydroxylation sites is 1. The first kappa shape index (κ1) is 14.8. The Kier molecular flexibility index (Phi) is 3.83. The zero-order chi connectivity index (χ0) is 15.6. The first-order valence-corrected chi connectivity index (χ1v) is 7.20. The van der Waals surface area contributed by atoms with Crippen molar-refractivity contribution in [3.05, 3.63) is 48.0 Å². The van der Waals surface area contributed by atoms with Crippen molar-refractivity contribution in [2.75, 3.05) is 5.73 Å².